The van der Waals surface area contributed by atoms with Crippen molar-refractivity contribution in [2.24, 2.45) is 0 Å². The molecule has 0 saturated heterocycles. The lowest BCUT2D eigenvalue weighted by atomic mass is 10.2. The van der Waals surface area contributed by atoms with E-state index in [1.165, 1.54) is 0 Å². The summed E-state index contributed by atoms with van der Waals surface area (Å²) in [6.45, 7) is 8.08. The Morgan fingerprint density at radius 1 is 1.50 bits per heavy atom. The van der Waals surface area contributed by atoms with Crippen LogP contribution in [0.1, 0.15) is 33.6 Å². The first-order valence-electron chi connectivity index (χ1n) is 6.52. The fraction of sp³-hybridized carbons (Fsp3) is 0.571. The average molecular weight is 246 g/mol. The van der Waals surface area contributed by atoms with Crippen molar-refractivity contribution >= 4 is 11.5 Å². The molecule has 0 spiro atoms. The van der Waals surface area contributed by atoms with Crippen LogP contribution in [0, 0.1) is 11.3 Å². The number of pyridine rings is 1. The Hall–Kier alpha value is -1.76. The van der Waals surface area contributed by atoms with Crippen molar-refractivity contribution in [2.45, 2.75) is 39.7 Å². The zero-order valence-corrected chi connectivity index (χ0v) is 11.5. The Balaban J connectivity index is 2.81. The first-order valence-corrected chi connectivity index (χ1v) is 6.52. The minimum absolute atomic E-state index is 0.375. The van der Waals surface area contributed by atoms with E-state index in [9.17, 15) is 0 Å². The van der Waals surface area contributed by atoms with E-state index in [1.807, 2.05) is 18.3 Å². The summed E-state index contributed by atoms with van der Waals surface area (Å²) in [5, 5.41) is 12.0. The Labute approximate surface area is 110 Å². The summed E-state index contributed by atoms with van der Waals surface area (Å²) in [6.07, 6.45) is 3.43. The van der Waals surface area contributed by atoms with E-state index < -0.39 is 0 Å². The number of aromatic nitrogens is 1. The normalized spacial score (nSPS) is 10.2. The molecule has 4 heteroatoms. The highest BCUT2D eigenvalue weighted by molar-refractivity contribution is 5.54. The summed E-state index contributed by atoms with van der Waals surface area (Å²) in [6, 6.07) is 6.62. The van der Waals surface area contributed by atoms with E-state index in [1.54, 1.807) is 0 Å². The zero-order chi connectivity index (χ0) is 13.4. The Morgan fingerprint density at radius 3 is 2.89 bits per heavy atom. The van der Waals surface area contributed by atoms with Crippen LogP contribution in [-0.2, 0) is 0 Å². The van der Waals surface area contributed by atoms with Gasteiger partial charge in [0, 0.05) is 37.1 Å². The molecule has 18 heavy (non-hydrogen) atoms. The van der Waals surface area contributed by atoms with Crippen LogP contribution in [0.3, 0.4) is 0 Å². The van der Waals surface area contributed by atoms with Gasteiger partial charge in [-0.1, -0.05) is 6.92 Å². The Kier molecular flexibility index (Phi) is 5.99. The van der Waals surface area contributed by atoms with Crippen LogP contribution in [0.25, 0.3) is 0 Å². The molecule has 0 atom stereocenters. The molecule has 4 nitrogen and oxygen atoms in total. The molecule has 0 radical (unpaired) electrons. The van der Waals surface area contributed by atoms with Gasteiger partial charge in [-0.25, -0.2) is 4.98 Å². The average Bonchev–Trinajstić information content (AvgIpc) is 2.37. The van der Waals surface area contributed by atoms with Crippen LogP contribution in [0.5, 0.6) is 0 Å². The second kappa shape index (κ2) is 7.54. The van der Waals surface area contributed by atoms with Crippen molar-refractivity contribution in [1.29, 1.82) is 5.26 Å². The molecule has 1 aromatic heterocycles. The van der Waals surface area contributed by atoms with Gasteiger partial charge in [0.15, 0.2) is 0 Å². The van der Waals surface area contributed by atoms with Gasteiger partial charge in [-0.05, 0) is 26.3 Å². The standard InChI is InChI=1S/C14H22N4/c1-4-8-16-14-11-13(6-9-17-14)18(12(2)3)10-5-7-15/h6,9,11-12H,4-5,8,10H2,1-3H3,(H,16,17). The van der Waals surface area contributed by atoms with Gasteiger partial charge in [0.25, 0.3) is 0 Å². The summed E-state index contributed by atoms with van der Waals surface area (Å²) in [7, 11) is 0. The smallest absolute Gasteiger partial charge is 0.127 e. The summed E-state index contributed by atoms with van der Waals surface area (Å²) in [4.78, 5) is 6.52. The molecule has 1 aromatic rings. The molecule has 0 amide bonds. The molecule has 1 N–H and O–H groups in total. The number of nitriles is 1. The predicted octanol–water partition coefficient (Wildman–Crippen LogP) is 3.03. The van der Waals surface area contributed by atoms with Crippen molar-refractivity contribution in [3.05, 3.63) is 18.3 Å². The van der Waals surface area contributed by atoms with Gasteiger partial charge in [0.2, 0.25) is 0 Å². The van der Waals surface area contributed by atoms with E-state index in [4.69, 9.17) is 5.26 Å². The van der Waals surface area contributed by atoms with Crippen molar-refractivity contribution < 1.29 is 0 Å². The van der Waals surface area contributed by atoms with Gasteiger partial charge in [-0.15, -0.1) is 0 Å². The van der Waals surface area contributed by atoms with Gasteiger partial charge in [-0.3, -0.25) is 0 Å². The van der Waals surface area contributed by atoms with Crippen molar-refractivity contribution in [3.8, 4) is 6.07 Å². The summed E-state index contributed by atoms with van der Waals surface area (Å²) in [5.74, 6) is 0.900. The van der Waals surface area contributed by atoms with Crippen molar-refractivity contribution in [3.63, 3.8) is 0 Å². The number of hydrogen-bond acceptors (Lipinski definition) is 4. The summed E-state index contributed by atoms with van der Waals surface area (Å²) < 4.78 is 0. The molecule has 98 valence electrons. The second-order valence-electron chi connectivity index (χ2n) is 4.52. The molecular formula is C14H22N4. The highest BCUT2D eigenvalue weighted by Gasteiger charge is 2.10. The Morgan fingerprint density at radius 2 is 2.28 bits per heavy atom. The largest absolute Gasteiger partial charge is 0.370 e. The minimum atomic E-state index is 0.375. The minimum Gasteiger partial charge on any atom is -0.370 e. The fourth-order valence-corrected chi connectivity index (χ4v) is 1.80. The van der Waals surface area contributed by atoms with Crippen LogP contribution >= 0.6 is 0 Å². The molecule has 0 bridgehead atoms. The lowest BCUT2D eigenvalue weighted by Crippen LogP contribution is -2.31. The maximum absolute atomic E-state index is 8.71. The number of nitrogens with one attached hydrogen (secondary N) is 1. The van der Waals surface area contributed by atoms with Crippen LogP contribution in [0.4, 0.5) is 11.5 Å². The maximum atomic E-state index is 8.71. The van der Waals surface area contributed by atoms with E-state index in [-0.39, 0.29) is 0 Å². The third-order valence-electron chi connectivity index (χ3n) is 2.72. The third kappa shape index (κ3) is 4.25. The molecule has 0 aliphatic carbocycles. The quantitative estimate of drug-likeness (QED) is 0.803. The molecular weight excluding hydrogens is 224 g/mol. The molecule has 0 aliphatic heterocycles. The van der Waals surface area contributed by atoms with E-state index in [2.05, 4.69) is 42.0 Å². The fourth-order valence-electron chi connectivity index (χ4n) is 1.80. The van der Waals surface area contributed by atoms with Crippen LogP contribution in [-0.4, -0.2) is 24.1 Å². The topological polar surface area (TPSA) is 52.0 Å². The summed E-state index contributed by atoms with van der Waals surface area (Å²) >= 11 is 0. The number of anilines is 2. The first kappa shape index (κ1) is 14.3. The lowest BCUT2D eigenvalue weighted by Gasteiger charge is -2.28. The molecule has 0 aliphatic rings. The van der Waals surface area contributed by atoms with Gasteiger partial charge in [0.05, 0.1) is 12.5 Å². The zero-order valence-electron chi connectivity index (χ0n) is 11.5. The first-order chi connectivity index (χ1) is 8.69. The lowest BCUT2D eigenvalue weighted by molar-refractivity contribution is 0.686. The molecule has 1 rings (SSSR count). The highest BCUT2D eigenvalue weighted by atomic mass is 15.2. The van der Waals surface area contributed by atoms with Crippen LogP contribution < -0.4 is 10.2 Å². The Bertz CT molecular complexity index is 395. The SMILES string of the molecule is CCCNc1cc(N(CCC#N)C(C)C)ccn1. The van der Waals surface area contributed by atoms with E-state index in [0.717, 1.165) is 31.0 Å². The molecule has 0 aromatic carbocycles. The van der Waals surface area contributed by atoms with Crippen LogP contribution in [0.15, 0.2) is 18.3 Å². The van der Waals surface area contributed by atoms with Gasteiger partial charge in [0.1, 0.15) is 5.82 Å². The van der Waals surface area contributed by atoms with Gasteiger partial charge < -0.3 is 10.2 Å². The molecule has 0 unspecified atom stereocenters. The monoisotopic (exact) mass is 246 g/mol. The predicted molar refractivity (Wildman–Crippen MR) is 75.7 cm³/mol. The van der Waals surface area contributed by atoms with Gasteiger partial charge >= 0.3 is 0 Å². The number of nitrogens with zero attached hydrogens (tertiary/aromatic N) is 3. The van der Waals surface area contributed by atoms with Crippen molar-refractivity contribution in [2.75, 3.05) is 23.3 Å². The van der Waals surface area contributed by atoms with E-state index >= 15 is 0 Å². The van der Waals surface area contributed by atoms with E-state index in [0.29, 0.717) is 12.5 Å². The molecule has 0 fully saturated rings. The molecule has 1 heterocycles. The second-order valence-corrected chi connectivity index (χ2v) is 4.52. The van der Waals surface area contributed by atoms with Gasteiger partial charge in [-0.2, -0.15) is 5.26 Å². The summed E-state index contributed by atoms with van der Waals surface area (Å²) in [5.41, 5.74) is 1.12. The third-order valence-corrected chi connectivity index (χ3v) is 2.72. The highest BCUT2D eigenvalue weighted by Crippen LogP contribution is 2.19. The van der Waals surface area contributed by atoms with Crippen LogP contribution in [0.2, 0.25) is 0 Å². The molecule has 0 saturated carbocycles. The maximum Gasteiger partial charge on any atom is 0.127 e. The number of hydrogen-bond donors (Lipinski definition) is 1. The van der Waals surface area contributed by atoms with Crippen molar-refractivity contribution in [1.82, 2.24) is 4.98 Å². The number of rotatable bonds is 7.